The Kier molecular flexibility index (Phi) is 77.9. The van der Waals surface area contributed by atoms with Gasteiger partial charge in [-0.1, -0.05) is 334 Å². The smallest absolute Gasteiger partial charge is 0.463 e. The van der Waals surface area contributed by atoms with E-state index in [-0.39, 0.29) is 19.3 Å². The molecule has 0 aromatic rings. The molecule has 0 amide bonds. The molecular formula is C89H154O16P2. The van der Waals surface area contributed by atoms with Gasteiger partial charge in [0.2, 0.25) is 0 Å². The second kappa shape index (κ2) is 81.2. The van der Waals surface area contributed by atoms with Gasteiger partial charge in [0.1, 0.15) is 25.4 Å². The molecule has 0 bridgehead atoms. The highest BCUT2D eigenvalue weighted by Crippen LogP contribution is 2.45. The molecule has 0 aliphatic heterocycles. The first kappa shape index (κ1) is 103. The van der Waals surface area contributed by atoms with Crippen molar-refractivity contribution < 1.29 is 75.8 Å². The van der Waals surface area contributed by atoms with Crippen LogP contribution in [0.5, 0.6) is 0 Å². The van der Waals surface area contributed by atoms with Gasteiger partial charge in [0, 0.05) is 19.3 Å². The molecule has 18 heteroatoms. The molecule has 0 aromatic heterocycles. The molecule has 0 aliphatic carbocycles. The van der Waals surface area contributed by atoms with E-state index in [0.717, 1.165) is 161 Å². The minimum atomic E-state index is -4.93. The number of phosphoric acid groups is 2. The quantitative estimate of drug-likeness (QED) is 0.0146. The third kappa shape index (κ3) is 82.5. The third-order valence-electron chi connectivity index (χ3n) is 17.8. The summed E-state index contributed by atoms with van der Waals surface area (Å²) in [7, 11) is -9.79. The predicted molar refractivity (Wildman–Crippen MR) is 445 cm³/mol. The number of allylic oxidation sites excluding steroid dienone is 22. The molecule has 0 spiro atoms. The summed E-state index contributed by atoms with van der Waals surface area (Å²) in [5.74, 6) is -1.58. The number of esters is 3. The first-order valence-electron chi connectivity index (χ1n) is 42.5. The minimum Gasteiger partial charge on any atom is -0.463 e. The van der Waals surface area contributed by atoms with Crippen LogP contribution < -0.4 is 0 Å². The summed E-state index contributed by atoms with van der Waals surface area (Å²) >= 11 is 0. The number of ether oxygens (including phenoxy) is 3. The fraction of sp³-hybridized carbons (Fsp3) is 0.719. The van der Waals surface area contributed by atoms with E-state index in [9.17, 15) is 43.5 Å². The summed E-state index contributed by atoms with van der Waals surface area (Å²) in [4.78, 5) is 58.7. The predicted octanol–water partition coefficient (Wildman–Crippen LogP) is 25.4. The molecule has 5 atom stereocenters. The highest BCUT2D eigenvalue weighted by Gasteiger charge is 2.29. The molecular weight excluding hydrogens is 1390 g/mol. The van der Waals surface area contributed by atoms with Gasteiger partial charge in [-0.25, -0.2) is 9.13 Å². The molecule has 0 radical (unpaired) electrons. The highest BCUT2D eigenvalue weighted by atomic mass is 31.2. The van der Waals surface area contributed by atoms with Crippen LogP contribution in [0.15, 0.2) is 134 Å². The summed E-state index contributed by atoms with van der Waals surface area (Å²) < 4.78 is 61.2. The Hall–Kier alpha value is -4.31. The third-order valence-corrected chi connectivity index (χ3v) is 19.7. The van der Waals surface area contributed by atoms with E-state index in [4.69, 9.17) is 32.3 Å². The zero-order valence-electron chi connectivity index (χ0n) is 67.5. The molecule has 0 saturated carbocycles. The van der Waals surface area contributed by atoms with Gasteiger partial charge in [-0.15, -0.1) is 0 Å². The lowest BCUT2D eigenvalue weighted by Gasteiger charge is -2.21. The average Bonchev–Trinajstić information content (AvgIpc) is 0.909. The van der Waals surface area contributed by atoms with Gasteiger partial charge >= 0.3 is 33.6 Å². The second-order valence-electron chi connectivity index (χ2n) is 28.2. The Morgan fingerprint density at radius 2 is 0.495 bits per heavy atom. The lowest BCUT2D eigenvalue weighted by atomic mass is 10.0. The molecule has 16 nitrogen and oxygen atoms in total. The van der Waals surface area contributed by atoms with Crippen LogP contribution >= 0.6 is 15.6 Å². The molecule has 0 aliphatic rings. The van der Waals surface area contributed by atoms with Crippen molar-refractivity contribution in [3.8, 4) is 0 Å². The molecule has 107 heavy (non-hydrogen) atoms. The van der Waals surface area contributed by atoms with Crippen LogP contribution in [0.25, 0.3) is 0 Å². The maximum absolute atomic E-state index is 13.0. The lowest BCUT2D eigenvalue weighted by molar-refractivity contribution is -0.161. The van der Waals surface area contributed by atoms with Crippen LogP contribution in [0.1, 0.15) is 355 Å². The van der Waals surface area contributed by atoms with E-state index in [1.54, 1.807) is 0 Å². The number of aliphatic hydroxyl groups is 2. The number of phosphoric ester groups is 2. The number of hydrogen-bond acceptors (Lipinski definition) is 14. The van der Waals surface area contributed by atoms with Crippen LogP contribution in [-0.2, 0) is 55.8 Å². The van der Waals surface area contributed by atoms with Crippen molar-refractivity contribution in [2.75, 3.05) is 39.6 Å². The monoisotopic (exact) mass is 1540 g/mol. The summed E-state index contributed by atoms with van der Waals surface area (Å²) in [5, 5.41) is 20.7. The second-order valence-corrected chi connectivity index (χ2v) is 31.1. The van der Waals surface area contributed by atoms with Gasteiger partial charge in [0.25, 0.3) is 0 Å². The number of carbonyl (C=O) groups is 3. The summed E-state index contributed by atoms with van der Waals surface area (Å²) in [5.41, 5.74) is 0. The fourth-order valence-electron chi connectivity index (χ4n) is 11.4. The largest absolute Gasteiger partial charge is 0.472 e. The van der Waals surface area contributed by atoms with E-state index >= 15 is 0 Å². The number of aliphatic hydroxyl groups excluding tert-OH is 2. The molecule has 4 N–H and O–H groups in total. The lowest BCUT2D eigenvalue weighted by Crippen LogP contribution is -2.30. The van der Waals surface area contributed by atoms with E-state index in [1.807, 2.05) is 0 Å². The fourth-order valence-corrected chi connectivity index (χ4v) is 13.0. The van der Waals surface area contributed by atoms with E-state index in [2.05, 4.69) is 154 Å². The van der Waals surface area contributed by atoms with Crippen molar-refractivity contribution in [1.29, 1.82) is 0 Å². The van der Waals surface area contributed by atoms with Crippen LogP contribution in [0.4, 0.5) is 0 Å². The topological polar surface area (TPSA) is 231 Å². The average molecular weight is 1540 g/mol. The first-order valence-corrected chi connectivity index (χ1v) is 45.5. The number of carbonyl (C=O) groups excluding carboxylic acids is 3. The maximum Gasteiger partial charge on any atom is 0.472 e. The highest BCUT2D eigenvalue weighted by molar-refractivity contribution is 7.47. The van der Waals surface area contributed by atoms with Gasteiger partial charge in [-0.3, -0.25) is 32.5 Å². The van der Waals surface area contributed by atoms with E-state index in [1.165, 1.54) is 135 Å². The zero-order valence-corrected chi connectivity index (χ0v) is 69.3. The summed E-state index contributed by atoms with van der Waals surface area (Å²) in [6.45, 7) is 2.46. The van der Waals surface area contributed by atoms with Crippen LogP contribution in [0.3, 0.4) is 0 Å². The Morgan fingerprint density at radius 3 is 0.794 bits per heavy atom. The Bertz CT molecular complexity index is 2480. The first-order chi connectivity index (χ1) is 52.2. The van der Waals surface area contributed by atoms with Gasteiger partial charge in [0.05, 0.1) is 26.4 Å². The summed E-state index contributed by atoms with van der Waals surface area (Å²) in [6, 6.07) is 0. The molecule has 0 aromatic carbocycles. The Morgan fingerprint density at radius 1 is 0.271 bits per heavy atom. The maximum atomic E-state index is 13.0. The molecule has 616 valence electrons. The van der Waals surface area contributed by atoms with Crippen molar-refractivity contribution in [3.63, 3.8) is 0 Å². The Labute approximate surface area is 652 Å². The van der Waals surface area contributed by atoms with Crippen LogP contribution in [-0.4, -0.2) is 95.9 Å². The number of rotatable bonds is 80. The molecule has 5 unspecified atom stereocenters. The van der Waals surface area contributed by atoms with Crippen molar-refractivity contribution >= 4 is 33.6 Å². The molecule has 0 heterocycles. The number of unbranched alkanes of at least 4 members (excludes halogenated alkanes) is 35. The number of hydrogen-bond donors (Lipinski definition) is 4. The normalized spacial score (nSPS) is 14.6. The molecule has 0 saturated heterocycles. The van der Waals surface area contributed by atoms with Crippen LogP contribution in [0.2, 0.25) is 0 Å². The molecule has 0 fully saturated rings. The van der Waals surface area contributed by atoms with E-state index < -0.39 is 91.5 Å². The zero-order chi connectivity index (χ0) is 78.0. The van der Waals surface area contributed by atoms with Crippen molar-refractivity contribution in [2.45, 2.75) is 373 Å². The molecule has 0 rings (SSSR count). The van der Waals surface area contributed by atoms with E-state index in [0.29, 0.717) is 19.3 Å². The van der Waals surface area contributed by atoms with Gasteiger partial charge in [-0.05, 0) is 135 Å². The standard InChI is InChI=1S/C89H154O16P2/c1-4-7-10-13-16-19-22-25-27-29-31-33-35-37-39-41-43-45-47-49-51-53-55-58-60-63-66-69-72-75-87(92)99-78-84(90)79-101-106(95,96)102-80-85(91)81-103-107(97,98)104-83-86(105-89(94)77-74-71-68-65-62-57-24-21-18-15-12-9-6-3)82-100-88(93)76-73-70-67-64-61-59-56-54-52-50-48-46-44-42-40-38-36-34-32-30-28-26-23-20-17-14-11-8-5-2/h7-8,10-11,16-17,19-21,24-28,31-34,37-40,84-86,90-91H,4-6,9,12-15,18,22-23,29-30,35-36,41-83H2,1-3H3,(H,95,96)(H,97,98)/b10-7-,11-8-,19-16-,20-17-,24-21-,27-25-,28-26-,33-31-,34-32-,39-37-,40-38-. The van der Waals surface area contributed by atoms with Gasteiger partial charge in [-0.2, -0.15) is 0 Å². The van der Waals surface area contributed by atoms with Crippen molar-refractivity contribution in [3.05, 3.63) is 134 Å². The summed E-state index contributed by atoms with van der Waals surface area (Å²) in [6.07, 6.45) is 99.4. The van der Waals surface area contributed by atoms with Gasteiger partial charge < -0.3 is 34.2 Å². The Balaban J connectivity index is 4.47. The van der Waals surface area contributed by atoms with Crippen molar-refractivity contribution in [2.24, 2.45) is 0 Å². The van der Waals surface area contributed by atoms with Crippen molar-refractivity contribution in [1.82, 2.24) is 0 Å². The van der Waals surface area contributed by atoms with Gasteiger partial charge in [0.15, 0.2) is 6.10 Å². The van der Waals surface area contributed by atoms with Crippen LogP contribution in [0, 0.1) is 0 Å². The minimum absolute atomic E-state index is 0.0939. The SMILES string of the molecule is CC/C=C\C/C=C\C/C=C\C/C=C\C/C=C\CCCCCCCCCCCCCCCC(=O)OCC(O)COP(=O)(O)OCC(O)COP(=O)(O)OCC(COC(=O)CCCCCCCCCCCCCCC/C=C\C/C=C\C/C=C\C/C=C\C/C=C\CC)OC(=O)CCCCCCC/C=C\CCCCCC.